The molecule has 56 valence electrons. The maximum absolute atomic E-state index is 8.61. The van der Waals surface area contributed by atoms with E-state index in [4.69, 9.17) is 5.11 Å². The minimum absolute atomic E-state index is 0.191. The van der Waals surface area contributed by atoms with Crippen LogP contribution in [0.1, 0.15) is 10.6 Å². The molecule has 0 unspecified atom stereocenters. The Labute approximate surface area is 69.3 Å². The lowest BCUT2D eigenvalue weighted by molar-refractivity contribution is 0.300. The Hall–Kier alpha value is -0.0600. The zero-order valence-corrected chi connectivity index (χ0v) is 7.38. The summed E-state index contributed by atoms with van der Waals surface area (Å²) in [6.45, 7) is 2.12. The molecule has 0 spiro atoms. The van der Waals surface area contributed by atoms with Crippen molar-refractivity contribution in [1.29, 1.82) is 0 Å². The molecule has 4 heteroatoms. The fraction of sp³-hybridized carbons (Fsp3) is 0.500. The van der Waals surface area contributed by atoms with E-state index in [-0.39, 0.29) is 6.61 Å². The van der Waals surface area contributed by atoms with Gasteiger partial charge in [0.05, 0.1) is 5.69 Å². The summed E-state index contributed by atoms with van der Waals surface area (Å²) in [5.74, 6) is 0. The van der Waals surface area contributed by atoms with Crippen molar-refractivity contribution in [1.82, 2.24) is 4.98 Å². The molecule has 1 rings (SSSR count). The molecule has 2 nitrogen and oxygen atoms in total. The quantitative estimate of drug-likeness (QED) is 0.664. The molecule has 10 heavy (non-hydrogen) atoms. The number of aromatic nitrogens is 1. The van der Waals surface area contributed by atoms with Crippen molar-refractivity contribution in [2.75, 3.05) is 6.61 Å². The maximum atomic E-state index is 8.61. The van der Waals surface area contributed by atoms with Crippen LogP contribution >= 0.6 is 24.0 Å². The average molecular weight is 175 g/mol. The third kappa shape index (κ3) is 1.71. The minimum atomic E-state index is 0.191. The Bertz CT molecular complexity index is 222. The fourth-order valence-corrected chi connectivity index (χ4v) is 2.02. The number of aryl methyl sites for hydroxylation is 1. The van der Waals surface area contributed by atoms with Crippen molar-refractivity contribution in [3.8, 4) is 0 Å². The number of aliphatic hydroxyl groups excluding tert-OH is 1. The first-order chi connectivity index (χ1) is 4.74. The Balaban J connectivity index is 2.81. The van der Waals surface area contributed by atoms with Gasteiger partial charge in [-0.1, -0.05) is 0 Å². The van der Waals surface area contributed by atoms with Gasteiger partial charge in [0, 0.05) is 17.9 Å². The first kappa shape index (κ1) is 8.04. The molecule has 1 aromatic rings. The molecular weight excluding hydrogens is 166 g/mol. The average Bonchev–Trinajstić information content (AvgIpc) is 2.13. The monoisotopic (exact) mass is 175 g/mol. The smallest absolute Gasteiger partial charge is 0.147 e. The number of aliphatic hydroxyl groups is 1. The van der Waals surface area contributed by atoms with Crippen LogP contribution in [0.4, 0.5) is 0 Å². The van der Waals surface area contributed by atoms with Crippen molar-refractivity contribution < 1.29 is 5.11 Å². The normalized spacial score (nSPS) is 10.3. The van der Waals surface area contributed by atoms with Gasteiger partial charge in [0.1, 0.15) is 4.34 Å². The highest BCUT2D eigenvalue weighted by Gasteiger charge is 2.02. The summed E-state index contributed by atoms with van der Waals surface area (Å²) in [6, 6.07) is 0. The van der Waals surface area contributed by atoms with Crippen LogP contribution in [0.5, 0.6) is 0 Å². The van der Waals surface area contributed by atoms with Gasteiger partial charge in [-0.25, -0.2) is 4.98 Å². The second-order valence-corrected chi connectivity index (χ2v) is 3.79. The van der Waals surface area contributed by atoms with E-state index in [0.717, 1.165) is 14.9 Å². The van der Waals surface area contributed by atoms with E-state index in [9.17, 15) is 0 Å². The zero-order chi connectivity index (χ0) is 7.56. The van der Waals surface area contributed by atoms with E-state index in [1.807, 2.05) is 6.92 Å². The molecule has 0 amide bonds. The standard InChI is InChI=1S/C6H9NOS2/c1-4-5(2-3-8)10-6(9)7-4/h8H,2-3H2,1H3,(H,7,9). The second kappa shape index (κ2) is 3.37. The van der Waals surface area contributed by atoms with Crippen LogP contribution in [0.2, 0.25) is 0 Å². The van der Waals surface area contributed by atoms with Gasteiger partial charge in [-0.2, -0.15) is 0 Å². The molecule has 0 aliphatic heterocycles. The third-order valence-corrected chi connectivity index (χ3v) is 2.61. The SMILES string of the molecule is Cc1nc(S)sc1CCO. The van der Waals surface area contributed by atoms with Crippen LogP contribution < -0.4 is 0 Å². The van der Waals surface area contributed by atoms with Crippen molar-refractivity contribution in [3.05, 3.63) is 10.6 Å². The van der Waals surface area contributed by atoms with Crippen molar-refractivity contribution in [3.63, 3.8) is 0 Å². The van der Waals surface area contributed by atoms with Crippen LogP contribution in [0.25, 0.3) is 0 Å². The van der Waals surface area contributed by atoms with Crippen LogP contribution in [-0.4, -0.2) is 16.7 Å². The summed E-state index contributed by atoms with van der Waals surface area (Å²) in [5, 5.41) is 8.61. The molecule has 1 N–H and O–H groups in total. The number of rotatable bonds is 2. The largest absolute Gasteiger partial charge is 0.396 e. The summed E-state index contributed by atoms with van der Waals surface area (Å²) >= 11 is 5.63. The molecule has 0 atom stereocenters. The number of thiazole rings is 1. The van der Waals surface area contributed by atoms with Gasteiger partial charge in [0.2, 0.25) is 0 Å². The molecule has 0 fully saturated rings. The van der Waals surface area contributed by atoms with E-state index in [1.54, 1.807) is 0 Å². The first-order valence-electron chi connectivity index (χ1n) is 3.00. The third-order valence-electron chi connectivity index (χ3n) is 1.22. The van der Waals surface area contributed by atoms with Crippen LogP contribution in [0, 0.1) is 6.92 Å². The highest BCUT2D eigenvalue weighted by molar-refractivity contribution is 7.82. The molecule has 0 saturated carbocycles. The van der Waals surface area contributed by atoms with Crippen LogP contribution in [0.3, 0.4) is 0 Å². The van der Waals surface area contributed by atoms with Gasteiger partial charge in [0.25, 0.3) is 0 Å². The van der Waals surface area contributed by atoms with Gasteiger partial charge >= 0.3 is 0 Å². The lowest BCUT2D eigenvalue weighted by Crippen LogP contribution is -1.88. The summed E-state index contributed by atoms with van der Waals surface area (Å²) in [5.41, 5.74) is 0.990. The first-order valence-corrected chi connectivity index (χ1v) is 4.26. The van der Waals surface area contributed by atoms with Gasteiger partial charge in [-0.3, -0.25) is 0 Å². The minimum Gasteiger partial charge on any atom is -0.396 e. The summed E-state index contributed by atoms with van der Waals surface area (Å²) < 4.78 is 0.779. The topological polar surface area (TPSA) is 33.1 Å². The molecule has 0 aliphatic carbocycles. The summed E-state index contributed by atoms with van der Waals surface area (Å²) in [7, 11) is 0. The number of thiol groups is 1. The molecular formula is C6H9NOS2. The van der Waals surface area contributed by atoms with Crippen molar-refractivity contribution in [2.45, 2.75) is 17.7 Å². The van der Waals surface area contributed by atoms with E-state index in [2.05, 4.69) is 17.6 Å². The van der Waals surface area contributed by atoms with Gasteiger partial charge < -0.3 is 5.11 Å². The predicted molar refractivity (Wildman–Crippen MR) is 44.9 cm³/mol. The second-order valence-electron chi connectivity index (χ2n) is 1.98. The van der Waals surface area contributed by atoms with Crippen molar-refractivity contribution in [2.24, 2.45) is 0 Å². The number of hydrogen-bond acceptors (Lipinski definition) is 4. The molecule has 0 aliphatic rings. The Morgan fingerprint density at radius 2 is 2.40 bits per heavy atom. The number of nitrogens with zero attached hydrogens (tertiary/aromatic N) is 1. The highest BCUT2D eigenvalue weighted by Crippen LogP contribution is 2.20. The van der Waals surface area contributed by atoms with Crippen LogP contribution in [0.15, 0.2) is 4.34 Å². The Morgan fingerprint density at radius 1 is 1.70 bits per heavy atom. The van der Waals surface area contributed by atoms with E-state index >= 15 is 0 Å². The lowest BCUT2D eigenvalue weighted by Gasteiger charge is -1.90. The van der Waals surface area contributed by atoms with Gasteiger partial charge in [-0.05, 0) is 6.92 Å². The Kier molecular flexibility index (Phi) is 2.71. The molecule has 1 aromatic heterocycles. The molecule has 0 radical (unpaired) electrons. The molecule has 0 saturated heterocycles. The Morgan fingerprint density at radius 3 is 2.80 bits per heavy atom. The molecule has 0 bridgehead atoms. The van der Waals surface area contributed by atoms with E-state index in [0.29, 0.717) is 6.42 Å². The molecule has 0 aromatic carbocycles. The maximum Gasteiger partial charge on any atom is 0.147 e. The summed E-state index contributed by atoms with van der Waals surface area (Å²) in [6.07, 6.45) is 0.698. The van der Waals surface area contributed by atoms with E-state index in [1.165, 1.54) is 11.3 Å². The fourth-order valence-electron chi connectivity index (χ4n) is 0.746. The molecule has 1 heterocycles. The lowest BCUT2D eigenvalue weighted by atomic mass is 10.3. The predicted octanol–water partition coefficient (Wildman–Crippen LogP) is 1.28. The van der Waals surface area contributed by atoms with Crippen molar-refractivity contribution >= 4 is 24.0 Å². The van der Waals surface area contributed by atoms with Gasteiger partial charge in [-0.15, -0.1) is 24.0 Å². The zero-order valence-electron chi connectivity index (χ0n) is 5.66. The number of hydrogen-bond donors (Lipinski definition) is 2. The summed E-state index contributed by atoms with van der Waals surface area (Å²) in [4.78, 5) is 5.23. The highest BCUT2D eigenvalue weighted by atomic mass is 32.2. The van der Waals surface area contributed by atoms with Gasteiger partial charge in [0.15, 0.2) is 0 Å². The van der Waals surface area contributed by atoms with E-state index < -0.39 is 0 Å². The van der Waals surface area contributed by atoms with Crippen LogP contribution in [-0.2, 0) is 6.42 Å².